The summed E-state index contributed by atoms with van der Waals surface area (Å²) in [6, 6.07) is 15.3. The SMILES string of the molecule is O=C(NCCn1c(C(F)(F)F)nc2ccccc21)NCc1ccccc1. The van der Waals surface area contributed by atoms with Gasteiger partial charge in [0.15, 0.2) is 0 Å². The average molecular weight is 362 g/mol. The van der Waals surface area contributed by atoms with Gasteiger partial charge in [0.25, 0.3) is 0 Å². The molecule has 2 aromatic carbocycles. The summed E-state index contributed by atoms with van der Waals surface area (Å²) in [4.78, 5) is 15.5. The summed E-state index contributed by atoms with van der Waals surface area (Å²) in [5.41, 5.74) is 1.59. The second-order valence-corrected chi connectivity index (χ2v) is 5.67. The van der Waals surface area contributed by atoms with Gasteiger partial charge in [-0.3, -0.25) is 0 Å². The number of hydrogen-bond donors (Lipinski definition) is 2. The lowest BCUT2D eigenvalue weighted by Crippen LogP contribution is -2.37. The molecule has 5 nitrogen and oxygen atoms in total. The second kappa shape index (κ2) is 7.47. The van der Waals surface area contributed by atoms with Crippen molar-refractivity contribution in [3.05, 3.63) is 66.0 Å². The Hall–Kier alpha value is -3.03. The van der Waals surface area contributed by atoms with Gasteiger partial charge in [-0.25, -0.2) is 9.78 Å². The molecule has 3 aromatic rings. The molecule has 0 atom stereocenters. The predicted octanol–water partition coefficient (Wildman–Crippen LogP) is 3.55. The summed E-state index contributed by atoms with van der Waals surface area (Å²) in [7, 11) is 0. The standard InChI is InChI=1S/C18H17F3N4O/c19-18(20,21)16-24-14-8-4-5-9-15(14)25(16)11-10-22-17(26)23-12-13-6-2-1-3-7-13/h1-9H,10-12H2,(H2,22,23,26). The molecule has 136 valence electrons. The van der Waals surface area contributed by atoms with Gasteiger partial charge >= 0.3 is 12.2 Å². The number of aromatic nitrogens is 2. The molecule has 0 aliphatic heterocycles. The van der Waals surface area contributed by atoms with E-state index in [0.717, 1.165) is 10.1 Å². The third-order valence-corrected chi connectivity index (χ3v) is 3.82. The number of nitrogens with zero attached hydrogens (tertiary/aromatic N) is 2. The van der Waals surface area contributed by atoms with Gasteiger partial charge in [0, 0.05) is 19.6 Å². The Bertz CT molecular complexity index is 890. The van der Waals surface area contributed by atoms with Crippen molar-refractivity contribution >= 4 is 17.1 Å². The Kier molecular flexibility index (Phi) is 5.11. The molecule has 0 bridgehead atoms. The number of halogens is 3. The zero-order valence-corrected chi connectivity index (χ0v) is 13.8. The van der Waals surface area contributed by atoms with Crippen molar-refractivity contribution < 1.29 is 18.0 Å². The van der Waals surface area contributed by atoms with Crippen LogP contribution in [0.25, 0.3) is 11.0 Å². The highest BCUT2D eigenvalue weighted by molar-refractivity contribution is 5.76. The monoisotopic (exact) mass is 362 g/mol. The van der Waals surface area contributed by atoms with E-state index in [1.54, 1.807) is 18.2 Å². The number of fused-ring (bicyclic) bond motifs is 1. The third kappa shape index (κ3) is 4.14. The fourth-order valence-corrected chi connectivity index (χ4v) is 2.64. The molecule has 1 heterocycles. The number of rotatable bonds is 5. The zero-order chi connectivity index (χ0) is 18.6. The lowest BCUT2D eigenvalue weighted by atomic mass is 10.2. The highest BCUT2D eigenvalue weighted by atomic mass is 19.4. The number of para-hydroxylation sites is 2. The Morgan fingerprint density at radius 2 is 1.69 bits per heavy atom. The normalized spacial score (nSPS) is 11.5. The number of urea groups is 1. The topological polar surface area (TPSA) is 59.0 Å². The first kappa shape index (κ1) is 17.8. The molecule has 1 aromatic heterocycles. The van der Waals surface area contributed by atoms with Crippen LogP contribution < -0.4 is 10.6 Å². The molecule has 2 N–H and O–H groups in total. The molecule has 3 rings (SSSR count). The third-order valence-electron chi connectivity index (χ3n) is 3.82. The molecular formula is C18H17F3N4O. The number of carbonyl (C=O) groups is 1. The summed E-state index contributed by atoms with van der Waals surface area (Å²) >= 11 is 0. The smallest absolute Gasteiger partial charge is 0.336 e. The van der Waals surface area contributed by atoms with Gasteiger partial charge in [0.1, 0.15) is 0 Å². The number of carbonyl (C=O) groups excluding carboxylic acids is 1. The predicted molar refractivity (Wildman–Crippen MR) is 91.4 cm³/mol. The van der Waals surface area contributed by atoms with Gasteiger partial charge in [-0.15, -0.1) is 0 Å². The van der Waals surface area contributed by atoms with E-state index in [1.807, 2.05) is 30.3 Å². The van der Waals surface area contributed by atoms with Crippen molar-refractivity contribution in [2.24, 2.45) is 0 Å². The molecule has 8 heteroatoms. The molecule has 0 unspecified atom stereocenters. The molecule has 0 spiro atoms. The number of hydrogen-bond acceptors (Lipinski definition) is 2. The minimum atomic E-state index is -4.56. The van der Waals surface area contributed by atoms with Gasteiger partial charge in [0.05, 0.1) is 11.0 Å². The number of benzene rings is 2. The van der Waals surface area contributed by atoms with E-state index in [4.69, 9.17) is 0 Å². The number of amides is 2. The summed E-state index contributed by atoms with van der Waals surface area (Å²) in [6.07, 6.45) is -4.56. The van der Waals surface area contributed by atoms with Crippen LogP contribution in [-0.4, -0.2) is 22.1 Å². The van der Waals surface area contributed by atoms with Crippen molar-refractivity contribution in [2.75, 3.05) is 6.54 Å². The molecule has 0 fully saturated rings. The number of alkyl halides is 3. The van der Waals surface area contributed by atoms with E-state index in [0.29, 0.717) is 12.1 Å². The molecule has 0 saturated heterocycles. The van der Waals surface area contributed by atoms with E-state index in [9.17, 15) is 18.0 Å². The first-order valence-corrected chi connectivity index (χ1v) is 8.03. The van der Waals surface area contributed by atoms with Crippen LogP contribution in [0.3, 0.4) is 0 Å². The van der Waals surface area contributed by atoms with Gasteiger partial charge in [-0.1, -0.05) is 42.5 Å². The first-order valence-electron chi connectivity index (χ1n) is 8.03. The lowest BCUT2D eigenvalue weighted by molar-refractivity contribution is -0.146. The minimum Gasteiger partial charge on any atom is -0.336 e. The van der Waals surface area contributed by atoms with Crippen molar-refractivity contribution in [1.82, 2.24) is 20.2 Å². The Balaban J connectivity index is 1.62. The molecule has 0 radical (unpaired) electrons. The van der Waals surface area contributed by atoms with Crippen molar-refractivity contribution in [3.63, 3.8) is 0 Å². The molecule has 0 aliphatic rings. The van der Waals surface area contributed by atoms with E-state index in [1.165, 1.54) is 6.07 Å². The van der Waals surface area contributed by atoms with Crippen LogP contribution in [0, 0.1) is 0 Å². The van der Waals surface area contributed by atoms with Crippen molar-refractivity contribution in [3.8, 4) is 0 Å². The van der Waals surface area contributed by atoms with Crippen LogP contribution in [-0.2, 0) is 19.3 Å². The lowest BCUT2D eigenvalue weighted by Gasteiger charge is -2.12. The van der Waals surface area contributed by atoms with E-state index < -0.39 is 18.0 Å². The van der Waals surface area contributed by atoms with Crippen LogP contribution in [0.15, 0.2) is 54.6 Å². The molecule has 0 aliphatic carbocycles. The van der Waals surface area contributed by atoms with E-state index >= 15 is 0 Å². The van der Waals surface area contributed by atoms with Gasteiger partial charge in [-0.2, -0.15) is 13.2 Å². The second-order valence-electron chi connectivity index (χ2n) is 5.67. The molecular weight excluding hydrogens is 345 g/mol. The highest BCUT2D eigenvalue weighted by Gasteiger charge is 2.37. The largest absolute Gasteiger partial charge is 0.449 e. The molecule has 26 heavy (non-hydrogen) atoms. The fourth-order valence-electron chi connectivity index (χ4n) is 2.64. The van der Waals surface area contributed by atoms with Crippen LogP contribution in [0.2, 0.25) is 0 Å². The van der Waals surface area contributed by atoms with E-state index in [-0.39, 0.29) is 18.6 Å². The maximum absolute atomic E-state index is 13.2. The zero-order valence-electron chi connectivity index (χ0n) is 13.8. The summed E-state index contributed by atoms with van der Waals surface area (Å²) in [6.45, 7) is 0.354. The van der Waals surface area contributed by atoms with Gasteiger partial charge in [0.2, 0.25) is 5.82 Å². The van der Waals surface area contributed by atoms with E-state index in [2.05, 4.69) is 15.6 Å². The number of imidazole rings is 1. The Morgan fingerprint density at radius 1 is 1.00 bits per heavy atom. The summed E-state index contributed by atoms with van der Waals surface area (Å²) in [5.74, 6) is -0.967. The maximum atomic E-state index is 13.2. The van der Waals surface area contributed by atoms with Gasteiger partial charge in [-0.05, 0) is 17.7 Å². The summed E-state index contributed by atoms with van der Waals surface area (Å²) < 4.78 is 40.7. The Labute approximate surface area is 147 Å². The number of nitrogens with one attached hydrogen (secondary N) is 2. The summed E-state index contributed by atoms with van der Waals surface area (Å²) in [5, 5.41) is 5.23. The quantitative estimate of drug-likeness (QED) is 0.729. The van der Waals surface area contributed by atoms with Gasteiger partial charge < -0.3 is 15.2 Å². The van der Waals surface area contributed by atoms with Crippen LogP contribution in [0.4, 0.5) is 18.0 Å². The first-order chi connectivity index (χ1) is 12.4. The Morgan fingerprint density at radius 3 is 2.42 bits per heavy atom. The van der Waals surface area contributed by atoms with Crippen molar-refractivity contribution in [1.29, 1.82) is 0 Å². The minimum absolute atomic E-state index is 0.0336. The maximum Gasteiger partial charge on any atom is 0.449 e. The fraction of sp³-hybridized carbons (Fsp3) is 0.222. The van der Waals surface area contributed by atoms with Crippen LogP contribution in [0.1, 0.15) is 11.4 Å². The molecule has 0 saturated carbocycles. The molecule has 2 amide bonds. The highest BCUT2D eigenvalue weighted by Crippen LogP contribution is 2.31. The van der Waals surface area contributed by atoms with Crippen LogP contribution >= 0.6 is 0 Å². The van der Waals surface area contributed by atoms with Crippen LogP contribution in [0.5, 0.6) is 0 Å². The average Bonchev–Trinajstić information content (AvgIpc) is 3.00. The van der Waals surface area contributed by atoms with Crippen molar-refractivity contribution in [2.45, 2.75) is 19.3 Å².